The Labute approximate surface area is 493 Å². The summed E-state index contributed by atoms with van der Waals surface area (Å²) < 4.78 is 0. The van der Waals surface area contributed by atoms with Crippen LogP contribution in [0.15, 0.2) is 48.8 Å². The minimum absolute atomic E-state index is 0.610. The number of aromatic nitrogens is 2. The van der Waals surface area contributed by atoms with Crippen LogP contribution in [0.4, 0.5) is 0 Å². The largest absolute Gasteiger partial charge is 0.314 e. The smallest absolute Gasteiger partial charge is 0.0541 e. The van der Waals surface area contributed by atoms with E-state index >= 15 is 0 Å². The Hall–Kier alpha value is -1.86. The van der Waals surface area contributed by atoms with Crippen molar-refractivity contribution in [3.8, 4) is 0 Å². The molecule has 8 saturated carbocycles. The fraction of sp³-hybridized carbons (Fsp3) is 0.865. The first-order chi connectivity index (χ1) is 38.6. The third kappa shape index (κ3) is 14.9. The van der Waals surface area contributed by atoms with Crippen LogP contribution in [0.3, 0.4) is 0 Å². The third-order valence-electron chi connectivity index (χ3n) is 26.2. The van der Waals surface area contributed by atoms with E-state index < -0.39 is 0 Å². The standard InChI is InChI=1S/2C37H63N3/c2*1-27(2)11-10-12-28(3)33-16-17-34-32-15-14-29-25-30(18-20-36(29,4)35(32)19-21-37(33,34)5)39-24-9-8-22-38-26-31-13-6-7-23-40-31/h2*6-7,13,23,27-30,32-35,38-39H,8-12,14-22,24-26H2,1-5H3/t28-,29?,30+,32+,33-,34+,35+,36+,37-;28-,29?,30-,32+,33-,34+,35+,36+,37-/m11/s1. The van der Waals surface area contributed by atoms with E-state index in [9.17, 15) is 0 Å². The topological polar surface area (TPSA) is 73.9 Å². The summed E-state index contributed by atoms with van der Waals surface area (Å²) in [7, 11) is 0. The molecule has 6 heteroatoms. The molecule has 2 heterocycles. The molecule has 0 aromatic carbocycles. The fourth-order valence-corrected chi connectivity index (χ4v) is 21.7. The van der Waals surface area contributed by atoms with Gasteiger partial charge in [-0.05, 0) is 296 Å². The lowest BCUT2D eigenvalue weighted by Gasteiger charge is -2.61. The van der Waals surface area contributed by atoms with Gasteiger partial charge < -0.3 is 21.3 Å². The second-order valence-corrected chi connectivity index (χ2v) is 31.6. The van der Waals surface area contributed by atoms with Crippen LogP contribution in [0.5, 0.6) is 0 Å². The van der Waals surface area contributed by atoms with Crippen molar-refractivity contribution in [1.82, 2.24) is 31.2 Å². The van der Waals surface area contributed by atoms with Crippen molar-refractivity contribution >= 4 is 0 Å². The summed E-state index contributed by atoms with van der Waals surface area (Å²) in [5.41, 5.74) is 4.77. The molecule has 452 valence electrons. The first kappa shape index (κ1) is 62.7. The van der Waals surface area contributed by atoms with Crippen molar-refractivity contribution in [2.24, 2.45) is 105 Å². The second-order valence-electron chi connectivity index (χ2n) is 31.6. The van der Waals surface area contributed by atoms with Gasteiger partial charge in [-0.1, -0.05) is 120 Å². The Kier molecular flexibility index (Phi) is 22.7. The van der Waals surface area contributed by atoms with Crippen molar-refractivity contribution in [3.05, 3.63) is 60.2 Å². The van der Waals surface area contributed by atoms with Crippen LogP contribution in [-0.2, 0) is 13.1 Å². The normalized spacial score (nSPS) is 38.0. The number of unbranched alkanes of at least 4 members (excludes halogenated alkanes) is 2. The highest BCUT2D eigenvalue weighted by molar-refractivity contribution is 5.12. The number of nitrogens with zero attached hydrogens (tertiary/aromatic N) is 2. The molecule has 0 bridgehead atoms. The van der Waals surface area contributed by atoms with Gasteiger partial charge in [-0.15, -0.1) is 0 Å². The summed E-state index contributed by atoms with van der Waals surface area (Å²) >= 11 is 0. The zero-order chi connectivity index (χ0) is 56.3. The molecule has 0 aliphatic heterocycles. The molecule has 18 atom stereocenters. The van der Waals surface area contributed by atoms with Gasteiger partial charge in [0, 0.05) is 37.6 Å². The van der Waals surface area contributed by atoms with Crippen molar-refractivity contribution < 1.29 is 0 Å². The molecule has 8 aliphatic carbocycles. The first-order valence-corrected chi connectivity index (χ1v) is 35.3. The van der Waals surface area contributed by atoms with Crippen LogP contribution >= 0.6 is 0 Å². The molecule has 4 N–H and O–H groups in total. The molecule has 8 fully saturated rings. The molecule has 10 rings (SSSR count). The molecular formula is C74H126N6. The highest BCUT2D eigenvalue weighted by Crippen LogP contribution is 2.70. The number of hydrogen-bond acceptors (Lipinski definition) is 6. The van der Waals surface area contributed by atoms with Crippen molar-refractivity contribution in [1.29, 1.82) is 0 Å². The average Bonchev–Trinajstić information content (AvgIpc) is 4.01. The highest BCUT2D eigenvalue weighted by atomic mass is 14.9. The summed E-state index contributed by atoms with van der Waals surface area (Å²) in [6.07, 6.45) is 44.4. The Morgan fingerprint density at radius 1 is 0.425 bits per heavy atom. The molecule has 8 aliphatic rings. The van der Waals surface area contributed by atoms with Gasteiger partial charge in [0.25, 0.3) is 0 Å². The van der Waals surface area contributed by atoms with E-state index in [1.807, 2.05) is 24.5 Å². The van der Waals surface area contributed by atoms with E-state index in [2.05, 4.69) is 125 Å². The number of nitrogens with one attached hydrogen (secondary N) is 4. The maximum atomic E-state index is 4.41. The van der Waals surface area contributed by atoms with E-state index in [1.54, 1.807) is 12.8 Å². The van der Waals surface area contributed by atoms with Crippen LogP contribution in [0.2, 0.25) is 0 Å². The number of rotatable bonds is 26. The average molecular weight is 1100 g/mol. The summed E-state index contributed by atoms with van der Waals surface area (Å²) in [6.45, 7) is 32.1. The van der Waals surface area contributed by atoms with Gasteiger partial charge in [0.1, 0.15) is 0 Å². The zero-order valence-electron chi connectivity index (χ0n) is 53.8. The lowest BCUT2D eigenvalue weighted by Crippen LogP contribution is -2.55. The Bertz CT molecular complexity index is 1950. The van der Waals surface area contributed by atoms with Gasteiger partial charge in [-0.3, -0.25) is 9.97 Å². The molecule has 2 aromatic heterocycles. The van der Waals surface area contributed by atoms with Crippen molar-refractivity contribution in [3.63, 3.8) is 0 Å². The molecule has 0 amide bonds. The fourth-order valence-electron chi connectivity index (χ4n) is 21.7. The minimum atomic E-state index is 0.610. The number of hydrogen-bond donors (Lipinski definition) is 4. The van der Waals surface area contributed by atoms with E-state index in [-0.39, 0.29) is 0 Å². The van der Waals surface area contributed by atoms with E-state index in [4.69, 9.17) is 0 Å². The molecule has 0 spiro atoms. The summed E-state index contributed by atoms with van der Waals surface area (Å²) in [5, 5.41) is 15.1. The predicted octanol–water partition coefficient (Wildman–Crippen LogP) is 18.1. The zero-order valence-corrected chi connectivity index (χ0v) is 53.8. The van der Waals surface area contributed by atoms with Gasteiger partial charge in [-0.25, -0.2) is 0 Å². The monoisotopic (exact) mass is 1100 g/mol. The summed E-state index contributed by atoms with van der Waals surface area (Å²) in [4.78, 5) is 8.81. The maximum Gasteiger partial charge on any atom is 0.0541 e. The lowest BCUT2D eigenvalue weighted by atomic mass is 9.44. The molecule has 6 nitrogen and oxygen atoms in total. The molecule has 2 unspecified atom stereocenters. The first-order valence-electron chi connectivity index (χ1n) is 35.3. The molecule has 0 saturated heterocycles. The van der Waals surface area contributed by atoms with E-state index in [1.165, 1.54) is 180 Å². The lowest BCUT2D eigenvalue weighted by molar-refractivity contribution is -0.118. The number of fused-ring (bicyclic) bond motifs is 10. The maximum absolute atomic E-state index is 4.41. The van der Waals surface area contributed by atoms with Crippen LogP contribution < -0.4 is 21.3 Å². The Morgan fingerprint density at radius 3 is 1.23 bits per heavy atom. The molecule has 2 aromatic rings. The van der Waals surface area contributed by atoms with Gasteiger partial charge >= 0.3 is 0 Å². The predicted molar refractivity (Wildman–Crippen MR) is 340 cm³/mol. The van der Waals surface area contributed by atoms with Gasteiger partial charge in [-0.2, -0.15) is 0 Å². The van der Waals surface area contributed by atoms with Crippen LogP contribution in [0.25, 0.3) is 0 Å². The molecular weight excluding hydrogens is 973 g/mol. The van der Waals surface area contributed by atoms with Crippen molar-refractivity contribution in [2.45, 2.75) is 274 Å². The highest BCUT2D eigenvalue weighted by Gasteiger charge is 2.62. The van der Waals surface area contributed by atoms with E-state index in [0.29, 0.717) is 21.7 Å². The van der Waals surface area contributed by atoms with E-state index in [0.717, 1.165) is 133 Å². The van der Waals surface area contributed by atoms with Crippen LogP contribution in [0, 0.1) is 105 Å². The quantitative estimate of drug-likeness (QED) is 0.0704. The minimum Gasteiger partial charge on any atom is -0.314 e. The summed E-state index contributed by atoms with van der Waals surface area (Å²) in [6, 6.07) is 13.8. The number of pyridine rings is 2. The molecule has 0 radical (unpaired) electrons. The van der Waals surface area contributed by atoms with Gasteiger partial charge in [0.15, 0.2) is 0 Å². The summed E-state index contributed by atoms with van der Waals surface area (Å²) in [5.74, 6) is 13.6. The van der Waals surface area contributed by atoms with Gasteiger partial charge in [0.2, 0.25) is 0 Å². The SMILES string of the molecule is CC(C)CCC[C@@H](C)[C@H]1CC[C@H]2[C@@H]3CCC4C[C@@H](NCCCCNCc5ccccn5)CC[C@]4(C)[C@H]3CC[C@]12C.CC(C)CCC[C@@H](C)[C@H]1CC[C@H]2[C@@H]3CCC4C[C@H](NCCCCNCc5ccccn5)CC[C@]4(C)[C@H]3CC[C@]12C. The van der Waals surface area contributed by atoms with Gasteiger partial charge in [0.05, 0.1) is 11.4 Å². The third-order valence-corrected chi connectivity index (χ3v) is 26.2. The van der Waals surface area contributed by atoms with Crippen LogP contribution in [0.1, 0.15) is 260 Å². The van der Waals surface area contributed by atoms with Crippen molar-refractivity contribution in [2.75, 3.05) is 26.2 Å². The second kappa shape index (κ2) is 29.0. The Balaban J connectivity index is 0.000000194. The Morgan fingerprint density at radius 2 is 0.825 bits per heavy atom. The van der Waals surface area contributed by atoms with Crippen LogP contribution in [-0.4, -0.2) is 48.2 Å². The molecule has 80 heavy (non-hydrogen) atoms.